The van der Waals surface area contributed by atoms with Gasteiger partial charge in [-0.1, -0.05) is 52.3 Å². The van der Waals surface area contributed by atoms with Crippen molar-refractivity contribution in [2.75, 3.05) is 5.32 Å². The summed E-state index contributed by atoms with van der Waals surface area (Å²) in [6.45, 7) is 1.42. The van der Waals surface area contributed by atoms with Gasteiger partial charge in [0.2, 0.25) is 15.9 Å². The molecule has 0 bridgehead atoms. The van der Waals surface area contributed by atoms with E-state index in [0.29, 0.717) is 10.0 Å². The van der Waals surface area contributed by atoms with Crippen molar-refractivity contribution in [1.82, 2.24) is 4.72 Å². The van der Waals surface area contributed by atoms with Gasteiger partial charge in [-0.25, -0.2) is 8.42 Å². The predicted octanol–water partition coefficient (Wildman–Crippen LogP) is 5.43. The SMILES string of the molecule is Cc1cc(C(F)(F)F)ccc1NC(=O)C(NS(=O)(=O)c1cccc(Br)c1)c1ccccc1. The highest BCUT2D eigenvalue weighted by atomic mass is 79.9. The van der Waals surface area contributed by atoms with Crippen LogP contribution in [0.3, 0.4) is 0 Å². The van der Waals surface area contributed by atoms with E-state index in [1.807, 2.05) is 0 Å². The van der Waals surface area contributed by atoms with Gasteiger partial charge in [-0.3, -0.25) is 4.79 Å². The summed E-state index contributed by atoms with van der Waals surface area (Å²) in [6, 6.07) is 15.7. The highest BCUT2D eigenvalue weighted by molar-refractivity contribution is 9.10. The fraction of sp³-hybridized carbons (Fsp3) is 0.136. The second-order valence-electron chi connectivity index (χ2n) is 6.94. The Labute approximate surface area is 191 Å². The van der Waals surface area contributed by atoms with Gasteiger partial charge in [-0.05, 0) is 54.4 Å². The van der Waals surface area contributed by atoms with Gasteiger partial charge in [0.1, 0.15) is 6.04 Å². The molecular weight excluding hydrogens is 509 g/mol. The number of aryl methyl sites for hydroxylation is 1. The number of benzene rings is 3. The molecule has 0 heterocycles. The van der Waals surface area contributed by atoms with Crippen molar-refractivity contribution in [3.63, 3.8) is 0 Å². The zero-order valence-electron chi connectivity index (χ0n) is 16.7. The zero-order chi connectivity index (χ0) is 23.5. The average molecular weight is 527 g/mol. The minimum absolute atomic E-state index is 0.0497. The molecule has 168 valence electrons. The van der Waals surface area contributed by atoms with Crippen LogP contribution in [0.15, 0.2) is 82.2 Å². The fourth-order valence-electron chi connectivity index (χ4n) is 2.96. The molecule has 3 aromatic rings. The highest BCUT2D eigenvalue weighted by Crippen LogP contribution is 2.32. The van der Waals surface area contributed by atoms with E-state index in [9.17, 15) is 26.4 Å². The first-order chi connectivity index (χ1) is 15.0. The lowest BCUT2D eigenvalue weighted by atomic mass is 10.1. The van der Waals surface area contributed by atoms with Gasteiger partial charge in [0.15, 0.2) is 0 Å². The molecule has 32 heavy (non-hydrogen) atoms. The number of halogens is 4. The lowest BCUT2D eigenvalue weighted by Gasteiger charge is -2.20. The van der Waals surface area contributed by atoms with Crippen molar-refractivity contribution in [2.24, 2.45) is 0 Å². The number of sulfonamides is 1. The summed E-state index contributed by atoms with van der Waals surface area (Å²) in [5.41, 5.74) is -0.142. The number of hydrogen-bond donors (Lipinski definition) is 2. The van der Waals surface area contributed by atoms with Crippen LogP contribution in [-0.2, 0) is 21.0 Å². The van der Waals surface area contributed by atoms with Crippen LogP contribution in [0.25, 0.3) is 0 Å². The molecule has 1 unspecified atom stereocenters. The van der Waals surface area contributed by atoms with Crippen LogP contribution in [0.5, 0.6) is 0 Å². The molecular formula is C22H18BrF3N2O3S. The van der Waals surface area contributed by atoms with Gasteiger partial charge < -0.3 is 5.32 Å². The number of anilines is 1. The Kier molecular flexibility index (Phi) is 7.06. The van der Waals surface area contributed by atoms with Crippen molar-refractivity contribution in [2.45, 2.75) is 24.0 Å². The highest BCUT2D eigenvalue weighted by Gasteiger charge is 2.31. The number of carbonyl (C=O) groups is 1. The summed E-state index contributed by atoms with van der Waals surface area (Å²) in [4.78, 5) is 13.0. The minimum Gasteiger partial charge on any atom is -0.324 e. The van der Waals surface area contributed by atoms with E-state index in [2.05, 4.69) is 26.0 Å². The third kappa shape index (κ3) is 5.76. The number of carbonyl (C=O) groups excluding carboxylic acids is 1. The minimum atomic E-state index is -4.51. The van der Waals surface area contributed by atoms with Crippen LogP contribution in [0.2, 0.25) is 0 Å². The van der Waals surface area contributed by atoms with E-state index in [0.717, 1.165) is 18.2 Å². The largest absolute Gasteiger partial charge is 0.416 e. The standard InChI is InChI=1S/C22H18BrF3N2O3S/c1-14-12-16(22(24,25)26)10-11-19(14)27-21(29)20(15-6-3-2-4-7-15)28-32(30,31)18-9-5-8-17(23)13-18/h2-13,20,28H,1H3,(H,27,29). The molecule has 1 atom stereocenters. The molecule has 3 rings (SSSR count). The van der Waals surface area contributed by atoms with E-state index in [-0.39, 0.29) is 16.1 Å². The van der Waals surface area contributed by atoms with E-state index in [4.69, 9.17) is 0 Å². The fourth-order valence-corrected chi connectivity index (χ4v) is 4.74. The van der Waals surface area contributed by atoms with Crippen molar-refractivity contribution < 1.29 is 26.4 Å². The van der Waals surface area contributed by atoms with E-state index in [1.165, 1.54) is 19.1 Å². The second kappa shape index (κ2) is 9.43. The maximum absolute atomic E-state index is 13.1. The first kappa shape index (κ1) is 24.0. The molecule has 0 aliphatic heterocycles. The quantitative estimate of drug-likeness (QED) is 0.449. The predicted molar refractivity (Wildman–Crippen MR) is 118 cm³/mol. The van der Waals surface area contributed by atoms with E-state index >= 15 is 0 Å². The van der Waals surface area contributed by atoms with E-state index < -0.39 is 33.7 Å². The normalized spacial score (nSPS) is 12.9. The lowest BCUT2D eigenvalue weighted by molar-refractivity contribution is -0.137. The molecule has 2 N–H and O–H groups in total. The summed E-state index contributed by atoms with van der Waals surface area (Å²) in [5, 5.41) is 2.53. The summed E-state index contributed by atoms with van der Waals surface area (Å²) in [5.74, 6) is -0.738. The van der Waals surface area contributed by atoms with Crippen LogP contribution in [0.1, 0.15) is 22.7 Å². The second-order valence-corrected chi connectivity index (χ2v) is 9.57. The van der Waals surface area contributed by atoms with Crippen LogP contribution in [0, 0.1) is 6.92 Å². The first-order valence-electron chi connectivity index (χ1n) is 9.29. The Morgan fingerprint density at radius 2 is 1.66 bits per heavy atom. The summed E-state index contributed by atoms with van der Waals surface area (Å²) < 4.78 is 67.5. The molecule has 0 fully saturated rings. The Morgan fingerprint density at radius 3 is 2.25 bits per heavy atom. The first-order valence-corrected chi connectivity index (χ1v) is 11.6. The van der Waals surface area contributed by atoms with Gasteiger partial charge in [0.05, 0.1) is 10.5 Å². The molecule has 0 aliphatic carbocycles. The number of rotatable bonds is 6. The van der Waals surface area contributed by atoms with Gasteiger partial charge in [0.25, 0.3) is 0 Å². The summed E-state index contributed by atoms with van der Waals surface area (Å²) in [7, 11) is -4.09. The zero-order valence-corrected chi connectivity index (χ0v) is 19.1. The monoisotopic (exact) mass is 526 g/mol. The Bertz CT molecular complexity index is 1230. The number of alkyl halides is 3. The van der Waals surface area contributed by atoms with Gasteiger partial charge >= 0.3 is 6.18 Å². The van der Waals surface area contributed by atoms with Crippen LogP contribution in [-0.4, -0.2) is 14.3 Å². The lowest BCUT2D eigenvalue weighted by Crippen LogP contribution is -2.37. The molecule has 5 nitrogen and oxygen atoms in total. The third-order valence-corrected chi connectivity index (χ3v) is 6.50. The Morgan fingerprint density at radius 1 is 0.969 bits per heavy atom. The molecule has 3 aromatic carbocycles. The van der Waals surface area contributed by atoms with Crippen molar-refractivity contribution in [1.29, 1.82) is 0 Å². The van der Waals surface area contributed by atoms with Crippen molar-refractivity contribution in [3.05, 3.63) is 94.0 Å². The number of hydrogen-bond acceptors (Lipinski definition) is 3. The topological polar surface area (TPSA) is 75.3 Å². The molecule has 0 spiro atoms. The van der Waals surface area contributed by atoms with Gasteiger partial charge in [-0.2, -0.15) is 17.9 Å². The number of nitrogens with one attached hydrogen (secondary N) is 2. The van der Waals surface area contributed by atoms with Crippen molar-refractivity contribution >= 4 is 37.5 Å². The summed E-state index contributed by atoms with van der Waals surface area (Å²) >= 11 is 3.22. The number of amides is 1. The molecule has 0 saturated carbocycles. The van der Waals surface area contributed by atoms with E-state index in [1.54, 1.807) is 42.5 Å². The van der Waals surface area contributed by atoms with Gasteiger partial charge in [0, 0.05) is 10.2 Å². The Balaban J connectivity index is 1.92. The molecule has 1 amide bonds. The van der Waals surface area contributed by atoms with Crippen LogP contribution < -0.4 is 10.0 Å². The van der Waals surface area contributed by atoms with Gasteiger partial charge in [-0.15, -0.1) is 0 Å². The molecule has 0 aromatic heterocycles. The molecule has 10 heteroatoms. The third-order valence-electron chi connectivity index (χ3n) is 4.59. The molecule has 0 aliphatic rings. The van der Waals surface area contributed by atoms with Crippen LogP contribution in [0.4, 0.5) is 18.9 Å². The van der Waals surface area contributed by atoms with Crippen molar-refractivity contribution in [3.8, 4) is 0 Å². The molecule has 0 saturated heterocycles. The average Bonchev–Trinajstić information content (AvgIpc) is 2.73. The maximum Gasteiger partial charge on any atom is 0.416 e. The summed E-state index contributed by atoms with van der Waals surface area (Å²) in [6.07, 6.45) is -4.51. The maximum atomic E-state index is 13.1. The smallest absolute Gasteiger partial charge is 0.324 e. The van der Waals surface area contributed by atoms with Crippen LogP contribution >= 0.6 is 15.9 Å². The molecule has 0 radical (unpaired) electrons. The Hall–Kier alpha value is -2.69.